The molecule has 8 atom stereocenters. The molecule has 2 amide bonds. The topological polar surface area (TPSA) is 367 Å². The van der Waals surface area contributed by atoms with Crippen molar-refractivity contribution in [3.63, 3.8) is 0 Å². The van der Waals surface area contributed by atoms with Crippen LogP contribution in [0.4, 0.5) is 5.82 Å². The summed E-state index contributed by atoms with van der Waals surface area (Å²) in [4.78, 5) is 75.4. The van der Waals surface area contributed by atoms with Crippen LogP contribution < -0.4 is 16.4 Å². The average molecular weight is 854 g/mol. The molecule has 308 valence electrons. The van der Waals surface area contributed by atoms with Gasteiger partial charge in [0.2, 0.25) is 11.8 Å². The van der Waals surface area contributed by atoms with Gasteiger partial charge in [-0.1, -0.05) is 20.8 Å². The molecule has 0 saturated carbocycles. The number of ether oxygens (including phenoxy) is 1. The number of carbonyl (C=O) groups is 2. The lowest BCUT2D eigenvalue weighted by Gasteiger charge is -2.30. The number of nitrogens with two attached hydrogens (primary N) is 1. The highest BCUT2D eigenvalue weighted by molar-refractivity contribution is 7.99. The Hall–Kier alpha value is -2.15. The summed E-state index contributed by atoms with van der Waals surface area (Å²) in [6.07, 6.45) is -5.83. The van der Waals surface area contributed by atoms with Gasteiger partial charge in [0.05, 0.1) is 25.6 Å². The summed E-state index contributed by atoms with van der Waals surface area (Å²) < 4.78 is 62.0. The predicted molar refractivity (Wildman–Crippen MR) is 188 cm³/mol. The summed E-state index contributed by atoms with van der Waals surface area (Å²) in [5.74, 6) is 0.0251. The summed E-state index contributed by atoms with van der Waals surface area (Å²) in [5.41, 5.74) is 4.29. The van der Waals surface area contributed by atoms with Crippen LogP contribution in [0.3, 0.4) is 0 Å². The lowest BCUT2D eigenvalue weighted by atomic mass is 9.87. The smallest absolute Gasteiger partial charge is 0.393 e. The molecule has 28 heteroatoms. The maximum absolute atomic E-state index is 12.7. The van der Waals surface area contributed by atoms with Crippen LogP contribution in [0.5, 0.6) is 0 Å². The molecule has 1 aliphatic rings. The second kappa shape index (κ2) is 19.8. The molecule has 0 aliphatic carbocycles. The van der Waals surface area contributed by atoms with E-state index in [-0.39, 0.29) is 42.0 Å². The lowest BCUT2D eigenvalue weighted by Crippen LogP contribution is -2.46. The number of aliphatic hydroxyl groups excluding tert-OH is 3. The first-order chi connectivity index (χ1) is 25.1. The van der Waals surface area contributed by atoms with E-state index in [0.29, 0.717) is 25.1 Å². The first kappa shape index (κ1) is 46.2. The van der Waals surface area contributed by atoms with Crippen molar-refractivity contribution in [1.82, 2.24) is 30.2 Å². The Balaban J connectivity index is 1.49. The molecule has 3 heterocycles. The fourth-order valence-corrected chi connectivity index (χ4v) is 8.45. The Morgan fingerprint density at radius 3 is 2.41 bits per heavy atom. The number of imidazole rings is 1. The van der Waals surface area contributed by atoms with Crippen molar-refractivity contribution >= 4 is 64.0 Å². The Morgan fingerprint density at radius 2 is 1.74 bits per heavy atom. The molecule has 1 fully saturated rings. The average Bonchev–Trinajstić information content (AvgIpc) is 3.64. The third-order valence-electron chi connectivity index (χ3n) is 7.71. The third kappa shape index (κ3) is 14.1. The number of thioether (sulfide) groups is 1. The molecule has 2 aromatic heterocycles. The fraction of sp³-hybridized carbons (Fsp3) is 0.731. The van der Waals surface area contributed by atoms with Gasteiger partial charge in [0.25, 0.3) is 0 Å². The van der Waals surface area contributed by atoms with Crippen molar-refractivity contribution in [2.45, 2.75) is 76.8 Å². The number of amides is 2. The number of nitrogens with zero attached hydrogens (tertiary/aromatic N) is 4. The van der Waals surface area contributed by atoms with Crippen molar-refractivity contribution < 1.29 is 80.8 Å². The van der Waals surface area contributed by atoms with E-state index in [1.165, 1.54) is 13.8 Å². The lowest BCUT2D eigenvalue weighted by molar-refractivity contribution is -0.137. The van der Waals surface area contributed by atoms with E-state index < -0.39 is 78.6 Å². The molecule has 54 heavy (non-hydrogen) atoms. The molecular formula is C26H46N7O17P3S. The van der Waals surface area contributed by atoms with Crippen molar-refractivity contribution in [3.8, 4) is 0 Å². The number of hydrogen-bond donors (Lipinski definition) is 10. The van der Waals surface area contributed by atoms with E-state index in [2.05, 4.69) is 34.4 Å². The van der Waals surface area contributed by atoms with Gasteiger partial charge in [0.1, 0.15) is 36.3 Å². The van der Waals surface area contributed by atoms with Gasteiger partial charge in [-0.25, -0.2) is 28.6 Å². The van der Waals surface area contributed by atoms with E-state index in [9.17, 15) is 58.2 Å². The summed E-state index contributed by atoms with van der Waals surface area (Å²) in [6, 6.07) is 0. The molecule has 2 aromatic rings. The zero-order valence-electron chi connectivity index (χ0n) is 29.3. The molecule has 0 radical (unpaired) electrons. The second-order valence-corrected chi connectivity index (χ2v) is 18.0. The number of nitrogens with one attached hydrogen (secondary N) is 2. The number of anilines is 1. The molecule has 0 spiro atoms. The van der Waals surface area contributed by atoms with Crippen molar-refractivity contribution in [2.75, 3.05) is 43.5 Å². The van der Waals surface area contributed by atoms with Gasteiger partial charge < -0.3 is 56.0 Å². The van der Waals surface area contributed by atoms with Crippen molar-refractivity contribution in [2.24, 2.45) is 5.41 Å². The molecular weight excluding hydrogens is 807 g/mol. The Kier molecular flexibility index (Phi) is 17.0. The number of carbonyl (C=O) groups excluding carboxylic acids is 2. The van der Waals surface area contributed by atoms with Crippen LogP contribution in [0.1, 0.15) is 46.3 Å². The van der Waals surface area contributed by atoms with Gasteiger partial charge in [-0.2, -0.15) is 16.1 Å². The molecule has 24 nitrogen and oxygen atoms in total. The molecule has 3 rings (SSSR count). The quantitative estimate of drug-likeness (QED) is 0.0488. The largest absolute Gasteiger partial charge is 0.481 e. The van der Waals surface area contributed by atoms with Gasteiger partial charge in [-0.15, -0.1) is 0 Å². The minimum Gasteiger partial charge on any atom is -0.393 e. The molecule has 1 aliphatic heterocycles. The van der Waals surface area contributed by atoms with Gasteiger partial charge in [-0.05, 0) is 18.6 Å². The number of fused-ring (bicyclic) bond motifs is 1. The number of aromatic nitrogens is 4. The monoisotopic (exact) mass is 853 g/mol. The van der Waals surface area contributed by atoms with Gasteiger partial charge in [-0.3, -0.25) is 27.7 Å². The number of hydrogen-bond acceptors (Lipinski definition) is 18. The van der Waals surface area contributed by atoms with E-state index in [1.807, 2.05) is 6.92 Å². The first-order valence-electron chi connectivity index (χ1n) is 16.2. The molecule has 1 saturated heterocycles. The third-order valence-corrected chi connectivity index (χ3v) is 11.8. The summed E-state index contributed by atoms with van der Waals surface area (Å²) in [6.45, 7) is 2.65. The van der Waals surface area contributed by atoms with Crippen LogP contribution in [0, 0.1) is 5.41 Å². The SMILES string of the molecule is CC[C@H](O)CCSCCNC(=O)CCNC(=O)C(O)C(C)(C)COP(=O)(O)OP(=O)(O)OC[C@H]1O[C@@H](n2cnc3c(N)ncnc32)[C@H](O)[C@@H]1OP(=O)(O)O. The van der Waals surface area contributed by atoms with Crippen LogP contribution in [0.15, 0.2) is 12.7 Å². The fourth-order valence-electron chi connectivity index (χ4n) is 4.73. The van der Waals surface area contributed by atoms with E-state index >= 15 is 0 Å². The maximum Gasteiger partial charge on any atom is 0.481 e. The predicted octanol–water partition coefficient (Wildman–Crippen LogP) is -0.701. The summed E-state index contributed by atoms with van der Waals surface area (Å²) in [5, 5.41) is 36.0. The van der Waals surface area contributed by atoms with Gasteiger partial charge in [0, 0.05) is 30.7 Å². The van der Waals surface area contributed by atoms with Crippen LogP contribution in [0.25, 0.3) is 11.2 Å². The number of phosphoric ester groups is 3. The standard InChI is InChI=1S/C26H46N7O17P3S/c1-4-15(34)6-9-54-10-8-28-17(35)5-7-29-24(38)21(37)26(2,3)12-47-53(44,45)50-52(42,43)46-11-16-20(49-51(39,40)41)19(36)25(48-16)33-14-32-18-22(27)30-13-31-23(18)33/h13-16,19-21,25,34,36-37H,4-12H2,1-3H3,(H,28,35)(H,29,38)(H,42,43)(H,44,45)(H2,27,30,31)(H2,39,40,41)/t15-,16+,19+,20+,21?,25+/m0/s1. The van der Waals surface area contributed by atoms with Crippen LogP contribution in [0.2, 0.25) is 0 Å². The first-order valence-corrected chi connectivity index (χ1v) is 21.9. The highest BCUT2D eigenvalue weighted by atomic mass is 32.2. The van der Waals surface area contributed by atoms with Crippen LogP contribution >= 0.6 is 35.2 Å². The maximum atomic E-state index is 12.7. The highest BCUT2D eigenvalue weighted by Crippen LogP contribution is 2.61. The van der Waals surface area contributed by atoms with Crippen LogP contribution in [-0.2, 0) is 45.9 Å². The highest BCUT2D eigenvalue weighted by Gasteiger charge is 2.50. The molecule has 0 bridgehead atoms. The Morgan fingerprint density at radius 1 is 1.06 bits per heavy atom. The molecule has 11 N–H and O–H groups in total. The van der Waals surface area contributed by atoms with Crippen LogP contribution in [-0.4, -0.2) is 135 Å². The van der Waals surface area contributed by atoms with E-state index in [0.717, 1.165) is 23.0 Å². The number of phosphoric acid groups is 3. The van der Waals surface area contributed by atoms with E-state index in [4.69, 9.17) is 19.5 Å². The zero-order valence-corrected chi connectivity index (χ0v) is 32.8. The minimum atomic E-state index is -5.55. The zero-order chi connectivity index (χ0) is 40.5. The summed E-state index contributed by atoms with van der Waals surface area (Å²) >= 11 is 1.57. The minimum absolute atomic E-state index is 0.0350. The molecule has 3 unspecified atom stereocenters. The van der Waals surface area contributed by atoms with Crippen molar-refractivity contribution in [3.05, 3.63) is 12.7 Å². The Labute approximate surface area is 313 Å². The Bertz CT molecular complexity index is 1720. The summed E-state index contributed by atoms with van der Waals surface area (Å²) in [7, 11) is -16.3. The number of rotatable bonds is 23. The normalized spacial score (nSPS) is 22.7. The van der Waals surface area contributed by atoms with Gasteiger partial charge >= 0.3 is 23.5 Å². The second-order valence-electron chi connectivity index (χ2n) is 12.5. The number of nitrogen functional groups attached to an aromatic ring is 1. The number of aliphatic hydroxyl groups is 3. The van der Waals surface area contributed by atoms with Crippen molar-refractivity contribution in [1.29, 1.82) is 0 Å². The van der Waals surface area contributed by atoms with E-state index in [1.54, 1.807) is 11.8 Å². The van der Waals surface area contributed by atoms with Gasteiger partial charge in [0.15, 0.2) is 17.7 Å². The molecule has 0 aromatic carbocycles.